The number of ether oxygens (including phenoxy) is 1. The molecule has 1 aromatic rings. The lowest BCUT2D eigenvalue weighted by Crippen LogP contribution is -2.34. The summed E-state index contributed by atoms with van der Waals surface area (Å²) >= 11 is 0. The summed E-state index contributed by atoms with van der Waals surface area (Å²) < 4.78 is 5.25. The van der Waals surface area contributed by atoms with E-state index in [1.165, 1.54) is 11.3 Å². The van der Waals surface area contributed by atoms with E-state index in [0.717, 1.165) is 38.8 Å². The maximum Gasteiger partial charge on any atom is 0.0488 e. The summed E-state index contributed by atoms with van der Waals surface area (Å²) in [7, 11) is 1.77. The van der Waals surface area contributed by atoms with Crippen LogP contribution in [0.3, 0.4) is 0 Å². The molecule has 0 saturated carbocycles. The molecule has 3 heteroatoms. The Morgan fingerprint density at radius 2 is 2.10 bits per heavy atom. The topological polar surface area (TPSA) is 34.2 Å². The number of hydrogen-bond acceptors (Lipinski definition) is 3. The van der Waals surface area contributed by atoms with Gasteiger partial charge in [0.15, 0.2) is 0 Å². The van der Waals surface area contributed by atoms with E-state index < -0.39 is 0 Å². The number of aromatic nitrogens is 1. The highest BCUT2D eigenvalue weighted by Crippen LogP contribution is 2.12. The van der Waals surface area contributed by atoms with Crippen molar-refractivity contribution in [2.24, 2.45) is 5.92 Å². The van der Waals surface area contributed by atoms with Gasteiger partial charge >= 0.3 is 0 Å². The molecule has 0 saturated heterocycles. The molecular weight excluding hydrogens is 248 g/mol. The molecule has 0 spiro atoms. The van der Waals surface area contributed by atoms with Gasteiger partial charge in [0.2, 0.25) is 0 Å². The van der Waals surface area contributed by atoms with Gasteiger partial charge in [-0.15, -0.1) is 0 Å². The number of nitrogens with zero attached hydrogens (tertiary/aromatic N) is 1. The number of nitrogens with one attached hydrogen (secondary N) is 1. The summed E-state index contributed by atoms with van der Waals surface area (Å²) in [5, 5.41) is 3.64. The van der Waals surface area contributed by atoms with Gasteiger partial charge in [-0.3, -0.25) is 4.98 Å². The first-order valence-corrected chi connectivity index (χ1v) is 7.85. The molecule has 1 heterocycles. The van der Waals surface area contributed by atoms with E-state index in [4.69, 9.17) is 4.74 Å². The lowest BCUT2D eigenvalue weighted by atomic mass is 9.98. The van der Waals surface area contributed by atoms with Crippen LogP contribution in [0.2, 0.25) is 0 Å². The van der Waals surface area contributed by atoms with Crippen molar-refractivity contribution in [2.45, 2.75) is 52.5 Å². The molecule has 2 atom stereocenters. The molecule has 3 nitrogen and oxygen atoms in total. The molecule has 0 amide bonds. The predicted molar refractivity (Wildman–Crippen MR) is 85.1 cm³/mol. The van der Waals surface area contributed by atoms with E-state index in [2.05, 4.69) is 43.2 Å². The number of methoxy groups -OCH3 is 1. The van der Waals surface area contributed by atoms with E-state index in [1.807, 2.05) is 6.20 Å². The molecule has 0 bridgehead atoms. The fourth-order valence-electron chi connectivity index (χ4n) is 2.46. The van der Waals surface area contributed by atoms with Crippen LogP contribution in [0.15, 0.2) is 18.3 Å². The van der Waals surface area contributed by atoms with E-state index in [9.17, 15) is 0 Å². The SMILES string of the molecule is CCCNC(Cc1ccc(CC)cn1)CC(C)COC. The minimum Gasteiger partial charge on any atom is -0.384 e. The molecule has 0 aliphatic rings. The van der Waals surface area contributed by atoms with Crippen molar-refractivity contribution in [1.82, 2.24) is 10.3 Å². The number of aryl methyl sites for hydroxylation is 1. The van der Waals surface area contributed by atoms with E-state index in [0.29, 0.717) is 12.0 Å². The fraction of sp³-hybridized carbons (Fsp3) is 0.706. The standard InChI is InChI=1S/C17H30N2O/c1-5-9-18-17(10-14(3)13-20-4)11-16-8-7-15(6-2)12-19-16/h7-8,12,14,17-18H,5-6,9-11,13H2,1-4H3. The van der Waals surface area contributed by atoms with Crippen LogP contribution in [0.5, 0.6) is 0 Å². The smallest absolute Gasteiger partial charge is 0.0488 e. The lowest BCUT2D eigenvalue weighted by molar-refractivity contribution is 0.149. The van der Waals surface area contributed by atoms with E-state index >= 15 is 0 Å². The molecule has 1 rings (SSSR count). The Balaban J connectivity index is 2.57. The Bertz CT molecular complexity index is 351. The first-order chi connectivity index (χ1) is 9.69. The monoisotopic (exact) mass is 278 g/mol. The summed E-state index contributed by atoms with van der Waals surface area (Å²) in [6.07, 6.45) is 6.35. The van der Waals surface area contributed by atoms with Crippen molar-refractivity contribution >= 4 is 0 Å². The highest BCUT2D eigenvalue weighted by molar-refractivity contribution is 5.14. The molecule has 0 fully saturated rings. The minimum absolute atomic E-state index is 0.486. The van der Waals surface area contributed by atoms with E-state index in [1.54, 1.807) is 7.11 Å². The molecule has 1 aromatic heterocycles. The van der Waals surface area contributed by atoms with Gasteiger partial charge in [-0.2, -0.15) is 0 Å². The fourth-order valence-corrected chi connectivity index (χ4v) is 2.46. The molecule has 114 valence electrons. The minimum atomic E-state index is 0.486. The second-order valence-corrected chi connectivity index (χ2v) is 5.66. The van der Waals surface area contributed by atoms with Gasteiger partial charge in [-0.05, 0) is 43.4 Å². The van der Waals surface area contributed by atoms with Crippen molar-refractivity contribution in [3.8, 4) is 0 Å². The number of pyridine rings is 1. The van der Waals surface area contributed by atoms with Crippen molar-refractivity contribution in [3.63, 3.8) is 0 Å². The van der Waals surface area contributed by atoms with Gasteiger partial charge in [-0.25, -0.2) is 0 Å². The quantitative estimate of drug-likeness (QED) is 0.713. The van der Waals surface area contributed by atoms with Crippen LogP contribution >= 0.6 is 0 Å². The van der Waals surface area contributed by atoms with E-state index in [-0.39, 0.29) is 0 Å². The largest absolute Gasteiger partial charge is 0.384 e. The number of hydrogen-bond donors (Lipinski definition) is 1. The average Bonchev–Trinajstić information content (AvgIpc) is 2.45. The van der Waals surface area contributed by atoms with Gasteiger partial charge in [0.1, 0.15) is 0 Å². The third-order valence-corrected chi connectivity index (χ3v) is 3.57. The predicted octanol–water partition coefficient (Wildman–Crippen LogP) is 3.23. The Labute approximate surface area is 124 Å². The summed E-state index contributed by atoms with van der Waals surface area (Å²) in [5.74, 6) is 0.573. The lowest BCUT2D eigenvalue weighted by Gasteiger charge is -2.22. The van der Waals surface area contributed by atoms with Gasteiger partial charge in [0.25, 0.3) is 0 Å². The zero-order chi connectivity index (χ0) is 14.8. The third-order valence-electron chi connectivity index (χ3n) is 3.57. The number of rotatable bonds is 10. The van der Waals surface area contributed by atoms with Crippen molar-refractivity contribution in [1.29, 1.82) is 0 Å². The highest BCUT2D eigenvalue weighted by Gasteiger charge is 2.14. The van der Waals surface area contributed by atoms with Crippen LogP contribution in [0, 0.1) is 5.92 Å². The third kappa shape index (κ3) is 6.49. The van der Waals surface area contributed by atoms with Crippen LogP contribution in [-0.2, 0) is 17.6 Å². The summed E-state index contributed by atoms with van der Waals surface area (Å²) in [6, 6.07) is 4.85. The van der Waals surface area contributed by atoms with Crippen LogP contribution < -0.4 is 5.32 Å². The van der Waals surface area contributed by atoms with Crippen LogP contribution in [-0.4, -0.2) is 31.3 Å². The maximum absolute atomic E-state index is 5.25. The van der Waals surface area contributed by atoms with Gasteiger partial charge in [0.05, 0.1) is 0 Å². The Kier molecular flexibility index (Phi) is 8.47. The molecular formula is C17H30N2O. The summed E-state index contributed by atoms with van der Waals surface area (Å²) in [4.78, 5) is 4.58. The van der Waals surface area contributed by atoms with Gasteiger partial charge in [-0.1, -0.05) is 26.8 Å². The Morgan fingerprint density at radius 3 is 2.65 bits per heavy atom. The van der Waals surface area contributed by atoms with Crippen LogP contribution in [0.25, 0.3) is 0 Å². The summed E-state index contributed by atoms with van der Waals surface area (Å²) in [6.45, 7) is 8.51. The van der Waals surface area contributed by atoms with Gasteiger partial charge < -0.3 is 10.1 Å². The molecule has 2 unspecified atom stereocenters. The molecule has 0 radical (unpaired) electrons. The molecule has 0 aliphatic heterocycles. The Hall–Kier alpha value is -0.930. The van der Waals surface area contributed by atoms with Crippen molar-refractivity contribution in [3.05, 3.63) is 29.6 Å². The average molecular weight is 278 g/mol. The Morgan fingerprint density at radius 1 is 1.30 bits per heavy atom. The summed E-state index contributed by atoms with van der Waals surface area (Å²) in [5.41, 5.74) is 2.49. The van der Waals surface area contributed by atoms with Crippen LogP contribution in [0.4, 0.5) is 0 Å². The normalized spacial score (nSPS) is 14.2. The first kappa shape index (κ1) is 17.1. The van der Waals surface area contributed by atoms with Crippen molar-refractivity contribution in [2.75, 3.05) is 20.3 Å². The molecule has 0 aromatic carbocycles. The second kappa shape index (κ2) is 9.89. The first-order valence-electron chi connectivity index (χ1n) is 7.85. The highest BCUT2D eigenvalue weighted by atomic mass is 16.5. The van der Waals surface area contributed by atoms with Crippen LogP contribution in [0.1, 0.15) is 44.9 Å². The molecule has 20 heavy (non-hydrogen) atoms. The zero-order valence-electron chi connectivity index (χ0n) is 13.5. The maximum atomic E-state index is 5.25. The zero-order valence-corrected chi connectivity index (χ0v) is 13.5. The van der Waals surface area contributed by atoms with Gasteiger partial charge in [0, 0.05) is 38.1 Å². The van der Waals surface area contributed by atoms with Crippen molar-refractivity contribution < 1.29 is 4.74 Å². The molecule has 1 N–H and O–H groups in total. The molecule has 0 aliphatic carbocycles. The second-order valence-electron chi connectivity index (χ2n) is 5.66.